The number of rotatable bonds is 6. The van der Waals surface area contributed by atoms with Gasteiger partial charge in [0.15, 0.2) is 0 Å². The topological polar surface area (TPSA) is 41.6 Å². The number of piperidine rings is 1. The van der Waals surface area contributed by atoms with Crippen LogP contribution in [0.15, 0.2) is 30.9 Å². The van der Waals surface area contributed by atoms with Crippen LogP contribution in [-0.4, -0.2) is 43.1 Å². The number of benzene rings is 1. The van der Waals surface area contributed by atoms with E-state index >= 15 is 0 Å². The number of amides is 1. The van der Waals surface area contributed by atoms with Crippen molar-refractivity contribution in [3.05, 3.63) is 42.0 Å². The van der Waals surface area contributed by atoms with E-state index in [1.807, 2.05) is 0 Å². The lowest BCUT2D eigenvalue weighted by Crippen LogP contribution is -2.43. The van der Waals surface area contributed by atoms with E-state index in [1.165, 1.54) is 11.1 Å². The monoisotopic (exact) mass is 302 g/mol. The molecule has 0 aromatic heterocycles. The Bertz CT molecular complexity index is 520. The Kier molecular flexibility index (Phi) is 6.01. The van der Waals surface area contributed by atoms with Gasteiger partial charge in [0.05, 0.1) is 6.54 Å². The maximum absolute atomic E-state index is 11.7. The van der Waals surface area contributed by atoms with E-state index in [2.05, 4.69) is 48.8 Å². The smallest absolute Gasteiger partial charge is 0.234 e. The number of carbonyl (C=O) groups excluding carboxylic acids is 1. The predicted octanol–water partition coefficient (Wildman–Crippen LogP) is 2.45. The van der Waals surface area contributed by atoms with Gasteiger partial charge in [0.2, 0.25) is 5.91 Å². The zero-order chi connectivity index (χ0) is 15.9. The highest BCUT2D eigenvalue weighted by molar-refractivity contribution is 5.78. The second-order valence-corrected chi connectivity index (χ2v) is 5.96. The molecule has 2 rings (SSSR count). The molecular formula is C18H26N2O2. The van der Waals surface area contributed by atoms with Crippen LogP contribution >= 0.6 is 0 Å². The second-order valence-electron chi connectivity index (χ2n) is 5.96. The Balaban J connectivity index is 1.78. The standard InChI is InChI=1S/C18H26N2O2/c1-4-9-19-18(21)13-20-10-7-16(8-11-20)22-17-12-14(2)5-6-15(17)3/h4-6,12,16H,1,7-11,13H2,2-3H3,(H,19,21). The molecule has 1 saturated heterocycles. The molecule has 1 aromatic rings. The number of nitrogens with zero attached hydrogens (tertiary/aromatic N) is 1. The van der Waals surface area contributed by atoms with E-state index in [1.54, 1.807) is 6.08 Å². The van der Waals surface area contributed by atoms with E-state index in [0.29, 0.717) is 13.1 Å². The van der Waals surface area contributed by atoms with Crippen LogP contribution in [0.5, 0.6) is 5.75 Å². The predicted molar refractivity (Wildman–Crippen MR) is 89.2 cm³/mol. The van der Waals surface area contributed by atoms with Gasteiger partial charge in [-0.05, 0) is 43.9 Å². The number of aryl methyl sites for hydroxylation is 2. The molecule has 1 aliphatic heterocycles. The summed E-state index contributed by atoms with van der Waals surface area (Å²) in [6.07, 6.45) is 3.86. The summed E-state index contributed by atoms with van der Waals surface area (Å²) < 4.78 is 6.14. The van der Waals surface area contributed by atoms with Crippen molar-refractivity contribution in [2.75, 3.05) is 26.2 Å². The average Bonchev–Trinajstić information content (AvgIpc) is 2.51. The Morgan fingerprint density at radius 1 is 1.41 bits per heavy atom. The zero-order valence-electron chi connectivity index (χ0n) is 13.6. The van der Waals surface area contributed by atoms with Gasteiger partial charge in [-0.3, -0.25) is 9.69 Å². The highest BCUT2D eigenvalue weighted by Crippen LogP contribution is 2.23. The normalized spacial score (nSPS) is 16.3. The zero-order valence-corrected chi connectivity index (χ0v) is 13.6. The SMILES string of the molecule is C=CCNC(=O)CN1CCC(Oc2cc(C)ccc2C)CC1. The molecular weight excluding hydrogens is 276 g/mol. The molecule has 0 saturated carbocycles. The lowest BCUT2D eigenvalue weighted by molar-refractivity contribution is -0.122. The molecule has 0 aliphatic carbocycles. The number of hydrogen-bond acceptors (Lipinski definition) is 3. The van der Waals surface area contributed by atoms with E-state index in [0.717, 1.165) is 31.7 Å². The summed E-state index contributed by atoms with van der Waals surface area (Å²) in [4.78, 5) is 13.9. The number of hydrogen-bond donors (Lipinski definition) is 1. The Morgan fingerprint density at radius 3 is 2.82 bits per heavy atom. The summed E-state index contributed by atoms with van der Waals surface area (Å²) >= 11 is 0. The number of nitrogens with one attached hydrogen (secondary N) is 1. The van der Waals surface area contributed by atoms with Crippen molar-refractivity contribution in [1.82, 2.24) is 10.2 Å². The fourth-order valence-electron chi connectivity index (χ4n) is 2.64. The fraction of sp³-hybridized carbons (Fsp3) is 0.500. The largest absolute Gasteiger partial charge is 0.490 e. The molecule has 4 heteroatoms. The Labute approximate surface area is 133 Å². The van der Waals surface area contributed by atoms with Crippen molar-refractivity contribution in [3.8, 4) is 5.75 Å². The van der Waals surface area contributed by atoms with Gasteiger partial charge in [-0.25, -0.2) is 0 Å². The Hall–Kier alpha value is -1.81. The van der Waals surface area contributed by atoms with Gasteiger partial charge in [-0.2, -0.15) is 0 Å². The third-order valence-electron chi connectivity index (χ3n) is 3.98. The van der Waals surface area contributed by atoms with Crippen molar-refractivity contribution in [2.24, 2.45) is 0 Å². The van der Waals surface area contributed by atoms with Crippen molar-refractivity contribution in [3.63, 3.8) is 0 Å². The summed E-state index contributed by atoms with van der Waals surface area (Å²) in [5, 5.41) is 2.81. The van der Waals surface area contributed by atoms with Crippen LogP contribution in [0.1, 0.15) is 24.0 Å². The lowest BCUT2D eigenvalue weighted by atomic mass is 10.1. The molecule has 0 radical (unpaired) electrons. The average molecular weight is 302 g/mol. The van der Waals surface area contributed by atoms with Gasteiger partial charge < -0.3 is 10.1 Å². The number of likely N-dealkylation sites (tertiary alicyclic amines) is 1. The van der Waals surface area contributed by atoms with Crippen LogP contribution in [0.25, 0.3) is 0 Å². The van der Waals surface area contributed by atoms with Gasteiger partial charge in [0.1, 0.15) is 11.9 Å². The highest BCUT2D eigenvalue weighted by Gasteiger charge is 2.22. The minimum Gasteiger partial charge on any atom is -0.490 e. The molecule has 1 fully saturated rings. The number of ether oxygens (including phenoxy) is 1. The van der Waals surface area contributed by atoms with Crippen LogP contribution in [0.2, 0.25) is 0 Å². The molecule has 1 N–H and O–H groups in total. The van der Waals surface area contributed by atoms with Crippen molar-refractivity contribution < 1.29 is 9.53 Å². The van der Waals surface area contributed by atoms with Crippen LogP contribution < -0.4 is 10.1 Å². The first kappa shape index (κ1) is 16.6. The third kappa shape index (κ3) is 4.88. The molecule has 1 heterocycles. The van der Waals surface area contributed by atoms with Crippen molar-refractivity contribution in [2.45, 2.75) is 32.8 Å². The van der Waals surface area contributed by atoms with Crippen LogP contribution in [-0.2, 0) is 4.79 Å². The van der Waals surface area contributed by atoms with Gasteiger partial charge >= 0.3 is 0 Å². The van der Waals surface area contributed by atoms with E-state index in [4.69, 9.17) is 4.74 Å². The maximum Gasteiger partial charge on any atom is 0.234 e. The third-order valence-corrected chi connectivity index (χ3v) is 3.98. The summed E-state index contributed by atoms with van der Waals surface area (Å²) in [7, 11) is 0. The van der Waals surface area contributed by atoms with Gasteiger partial charge in [0.25, 0.3) is 0 Å². The minimum absolute atomic E-state index is 0.0637. The van der Waals surface area contributed by atoms with Crippen molar-refractivity contribution in [1.29, 1.82) is 0 Å². The molecule has 0 atom stereocenters. The Morgan fingerprint density at radius 2 is 2.14 bits per heavy atom. The van der Waals surface area contributed by atoms with Crippen LogP contribution in [0, 0.1) is 13.8 Å². The lowest BCUT2D eigenvalue weighted by Gasteiger charge is -2.32. The van der Waals surface area contributed by atoms with Gasteiger partial charge in [-0.15, -0.1) is 6.58 Å². The van der Waals surface area contributed by atoms with E-state index < -0.39 is 0 Å². The van der Waals surface area contributed by atoms with Gasteiger partial charge in [0, 0.05) is 19.6 Å². The molecule has 1 aromatic carbocycles. The number of carbonyl (C=O) groups is 1. The minimum atomic E-state index is 0.0637. The van der Waals surface area contributed by atoms with E-state index in [9.17, 15) is 4.79 Å². The first-order valence-corrected chi connectivity index (χ1v) is 7.92. The van der Waals surface area contributed by atoms with Gasteiger partial charge in [-0.1, -0.05) is 18.2 Å². The summed E-state index contributed by atoms with van der Waals surface area (Å²) in [6.45, 7) is 10.5. The van der Waals surface area contributed by atoms with E-state index in [-0.39, 0.29) is 12.0 Å². The molecule has 0 spiro atoms. The first-order valence-electron chi connectivity index (χ1n) is 7.92. The van der Waals surface area contributed by atoms with Crippen LogP contribution in [0.4, 0.5) is 0 Å². The summed E-state index contributed by atoms with van der Waals surface area (Å²) in [5.41, 5.74) is 2.40. The molecule has 4 nitrogen and oxygen atoms in total. The molecule has 0 unspecified atom stereocenters. The quantitative estimate of drug-likeness (QED) is 0.821. The van der Waals surface area contributed by atoms with Crippen molar-refractivity contribution >= 4 is 5.91 Å². The fourth-order valence-corrected chi connectivity index (χ4v) is 2.64. The summed E-state index contributed by atoms with van der Waals surface area (Å²) in [5.74, 6) is 1.05. The molecule has 1 amide bonds. The molecule has 0 bridgehead atoms. The molecule has 120 valence electrons. The second kappa shape index (κ2) is 7.99. The highest BCUT2D eigenvalue weighted by atomic mass is 16.5. The van der Waals surface area contributed by atoms with Crippen LogP contribution in [0.3, 0.4) is 0 Å². The molecule has 1 aliphatic rings. The summed E-state index contributed by atoms with van der Waals surface area (Å²) in [6, 6.07) is 6.31. The first-order chi connectivity index (χ1) is 10.6. The maximum atomic E-state index is 11.7. The molecule has 22 heavy (non-hydrogen) atoms.